The van der Waals surface area contributed by atoms with Crippen molar-refractivity contribution in [3.05, 3.63) is 35.9 Å². The topological polar surface area (TPSA) is 46.3 Å². The number of carbonyl (C=O) groups excluding carboxylic acids is 1. The van der Waals surface area contributed by atoms with Gasteiger partial charge < -0.3 is 10.6 Å². The van der Waals surface area contributed by atoms with E-state index in [1.54, 1.807) is 0 Å². The molecule has 5 heteroatoms. The van der Waals surface area contributed by atoms with E-state index in [2.05, 4.69) is 0 Å². The van der Waals surface area contributed by atoms with Crippen molar-refractivity contribution in [1.29, 1.82) is 0 Å². The van der Waals surface area contributed by atoms with Gasteiger partial charge in [0.05, 0.1) is 6.54 Å². The van der Waals surface area contributed by atoms with Crippen LogP contribution < -0.4 is 5.73 Å². The van der Waals surface area contributed by atoms with E-state index in [0.717, 1.165) is 31.2 Å². The lowest BCUT2D eigenvalue weighted by molar-refractivity contribution is -0.136. The highest BCUT2D eigenvalue weighted by Gasteiger charge is 2.34. The Kier molecular flexibility index (Phi) is 6.51. The van der Waals surface area contributed by atoms with Gasteiger partial charge in [-0.3, -0.25) is 4.79 Å². The monoisotopic (exact) mass is 324 g/mol. The highest BCUT2D eigenvalue weighted by atomic mass is 19.3. The number of halogens is 2. The van der Waals surface area contributed by atoms with Crippen LogP contribution in [0.4, 0.5) is 8.78 Å². The molecule has 0 bridgehead atoms. The first-order valence-electron chi connectivity index (χ1n) is 8.35. The molecule has 1 aliphatic carbocycles. The maximum atomic E-state index is 12.9. The molecule has 3 nitrogen and oxygen atoms in total. The van der Waals surface area contributed by atoms with E-state index in [9.17, 15) is 13.6 Å². The van der Waals surface area contributed by atoms with Crippen LogP contribution in [0.15, 0.2) is 30.3 Å². The standard InChI is InChI=1S/C18H26F2N2O/c19-16(20)13-22(12-15-7-3-1-4-8-15)17(23)11-18(14-21)9-5-2-6-10-18/h1,3-4,7-8,16H,2,5-6,9-14,21H2. The summed E-state index contributed by atoms with van der Waals surface area (Å²) in [6.45, 7) is 0.158. The molecule has 0 aliphatic heterocycles. The highest BCUT2D eigenvalue weighted by molar-refractivity contribution is 5.77. The van der Waals surface area contributed by atoms with Crippen molar-refractivity contribution in [2.24, 2.45) is 11.1 Å². The third-order valence-corrected chi connectivity index (χ3v) is 4.80. The van der Waals surface area contributed by atoms with Crippen LogP contribution in [-0.2, 0) is 11.3 Å². The Morgan fingerprint density at radius 3 is 2.39 bits per heavy atom. The van der Waals surface area contributed by atoms with Gasteiger partial charge in [-0.05, 0) is 30.4 Å². The molecule has 2 N–H and O–H groups in total. The van der Waals surface area contributed by atoms with E-state index in [4.69, 9.17) is 5.73 Å². The van der Waals surface area contributed by atoms with E-state index >= 15 is 0 Å². The average Bonchev–Trinajstić information content (AvgIpc) is 2.55. The lowest BCUT2D eigenvalue weighted by atomic mass is 9.71. The van der Waals surface area contributed by atoms with Gasteiger partial charge in [-0.15, -0.1) is 0 Å². The Balaban J connectivity index is 2.06. The molecule has 0 radical (unpaired) electrons. The molecular weight excluding hydrogens is 298 g/mol. The van der Waals surface area contributed by atoms with Gasteiger partial charge in [0.25, 0.3) is 6.43 Å². The lowest BCUT2D eigenvalue weighted by Crippen LogP contribution is -2.41. The third kappa shape index (κ3) is 5.27. The molecule has 0 unspecified atom stereocenters. The zero-order valence-electron chi connectivity index (χ0n) is 13.5. The van der Waals surface area contributed by atoms with E-state index in [0.29, 0.717) is 6.54 Å². The summed E-state index contributed by atoms with van der Waals surface area (Å²) in [6.07, 6.45) is 2.90. The van der Waals surface area contributed by atoms with Crippen LogP contribution in [0.5, 0.6) is 0 Å². The molecule has 128 valence electrons. The molecular formula is C18H26F2N2O. The second kappa shape index (κ2) is 8.39. The number of nitrogens with zero attached hydrogens (tertiary/aromatic N) is 1. The Bertz CT molecular complexity index is 487. The summed E-state index contributed by atoms with van der Waals surface area (Å²) in [6, 6.07) is 9.27. The van der Waals surface area contributed by atoms with Crippen molar-refractivity contribution in [2.45, 2.75) is 51.5 Å². The SMILES string of the molecule is NCC1(CC(=O)N(Cc2ccccc2)CC(F)F)CCCCC1. The molecule has 0 aromatic heterocycles. The fourth-order valence-corrected chi connectivity index (χ4v) is 3.41. The second-order valence-electron chi connectivity index (χ2n) is 6.59. The Morgan fingerprint density at radius 2 is 1.83 bits per heavy atom. The number of rotatable bonds is 7. The second-order valence-corrected chi connectivity index (χ2v) is 6.59. The number of hydrogen-bond acceptors (Lipinski definition) is 2. The first-order valence-corrected chi connectivity index (χ1v) is 8.35. The summed E-state index contributed by atoms with van der Waals surface area (Å²) in [4.78, 5) is 13.9. The van der Waals surface area contributed by atoms with Crippen LogP contribution in [-0.4, -0.2) is 30.3 Å². The van der Waals surface area contributed by atoms with Crippen LogP contribution in [0, 0.1) is 5.41 Å². The fourth-order valence-electron chi connectivity index (χ4n) is 3.41. The summed E-state index contributed by atoms with van der Waals surface area (Å²) < 4.78 is 25.8. The molecule has 0 atom stereocenters. The van der Waals surface area contributed by atoms with Crippen LogP contribution in [0.1, 0.15) is 44.1 Å². The van der Waals surface area contributed by atoms with Gasteiger partial charge in [-0.2, -0.15) is 0 Å². The van der Waals surface area contributed by atoms with Crippen molar-refractivity contribution >= 4 is 5.91 Å². The molecule has 1 saturated carbocycles. The maximum Gasteiger partial charge on any atom is 0.255 e. The number of amides is 1. The smallest absolute Gasteiger partial charge is 0.255 e. The number of benzene rings is 1. The molecule has 2 rings (SSSR count). The minimum Gasteiger partial charge on any atom is -0.333 e. The number of hydrogen-bond donors (Lipinski definition) is 1. The van der Waals surface area contributed by atoms with Gasteiger partial charge in [0.1, 0.15) is 0 Å². The van der Waals surface area contributed by atoms with Crippen molar-refractivity contribution < 1.29 is 13.6 Å². The first kappa shape index (κ1) is 17.9. The number of nitrogens with two attached hydrogens (primary N) is 1. The van der Waals surface area contributed by atoms with Crippen LogP contribution >= 0.6 is 0 Å². The molecule has 1 aliphatic rings. The van der Waals surface area contributed by atoms with Crippen molar-refractivity contribution in [3.8, 4) is 0 Å². The van der Waals surface area contributed by atoms with Gasteiger partial charge in [-0.25, -0.2) is 8.78 Å². The van der Waals surface area contributed by atoms with Crippen molar-refractivity contribution in [2.75, 3.05) is 13.1 Å². The molecule has 1 aromatic carbocycles. The summed E-state index contributed by atoms with van der Waals surface area (Å²) in [5.74, 6) is -0.207. The third-order valence-electron chi connectivity index (χ3n) is 4.80. The van der Waals surface area contributed by atoms with Gasteiger partial charge in [0, 0.05) is 13.0 Å². The highest BCUT2D eigenvalue weighted by Crippen LogP contribution is 2.38. The van der Waals surface area contributed by atoms with Crippen LogP contribution in [0.2, 0.25) is 0 Å². The molecule has 1 aromatic rings. The Morgan fingerprint density at radius 1 is 1.17 bits per heavy atom. The predicted molar refractivity (Wildman–Crippen MR) is 87.1 cm³/mol. The average molecular weight is 324 g/mol. The Hall–Kier alpha value is -1.49. The van der Waals surface area contributed by atoms with Gasteiger partial charge in [0.2, 0.25) is 5.91 Å². The molecule has 1 fully saturated rings. The van der Waals surface area contributed by atoms with Crippen LogP contribution in [0.3, 0.4) is 0 Å². The van der Waals surface area contributed by atoms with Crippen LogP contribution in [0.25, 0.3) is 0 Å². The van der Waals surface area contributed by atoms with Gasteiger partial charge in [-0.1, -0.05) is 49.6 Å². The van der Waals surface area contributed by atoms with E-state index < -0.39 is 13.0 Å². The molecule has 0 saturated heterocycles. The molecule has 0 spiro atoms. The zero-order chi connectivity index (χ0) is 16.7. The van der Waals surface area contributed by atoms with Crippen molar-refractivity contribution in [1.82, 2.24) is 4.90 Å². The summed E-state index contributed by atoms with van der Waals surface area (Å²) in [7, 11) is 0. The summed E-state index contributed by atoms with van der Waals surface area (Å²) in [5, 5.41) is 0. The minimum atomic E-state index is -2.53. The van der Waals surface area contributed by atoms with E-state index in [1.165, 1.54) is 11.3 Å². The quantitative estimate of drug-likeness (QED) is 0.833. The Labute approximate surface area is 136 Å². The lowest BCUT2D eigenvalue weighted by Gasteiger charge is -2.37. The fraction of sp³-hybridized carbons (Fsp3) is 0.611. The van der Waals surface area contributed by atoms with Gasteiger partial charge >= 0.3 is 0 Å². The number of alkyl halides is 2. The predicted octanol–water partition coefficient (Wildman–Crippen LogP) is 3.58. The largest absolute Gasteiger partial charge is 0.333 e. The van der Waals surface area contributed by atoms with Crippen molar-refractivity contribution in [3.63, 3.8) is 0 Å². The summed E-state index contributed by atoms with van der Waals surface area (Å²) in [5.41, 5.74) is 6.59. The maximum absolute atomic E-state index is 12.9. The van der Waals surface area contributed by atoms with E-state index in [-0.39, 0.29) is 24.3 Å². The molecule has 23 heavy (non-hydrogen) atoms. The number of carbonyl (C=O) groups is 1. The molecule has 1 amide bonds. The van der Waals surface area contributed by atoms with E-state index in [1.807, 2.05) is 30.3 Å². The minimum absolute atomic E-state index is 0.202. The molecule has 0 heterocycles. The normalized spacial score (nSPS) is 17.2. The van der Waals surface area contributed by atoms with Gasteiger partial charge in [0.15, 0.2) is 0 Å². The summed E-state index contributed by atoms with van der Waals surface area (Å²) >= 11 is 0. The first-order chi connectivity index (χ1) is 11.0. The zero-order valence-corrected chi connectivity index (χ0v) is 13.5.